The number of ether oxygens (including phenoxy) is 2. The van der Waals surface area contributed by atoms with E-state index in [1.165, 1.54) is 11.8 Å². The van der Waals surface area contributed by atoms with Gasteiger partial charge in [-0.25, -0.2) is 0 Å². The summed E-state index contributed by atoms with van der Waals surface area (Å²) in [6.07, 6.45) is 1.96. The van der Waals surface area contributed by atoms with E-state index < -0.39 is 10.8 Å². The molecule has 2 amide bonds. The Bertz CT molecular complexity index is 1350. The second-order valence-corrected chi connectivity index (χ2v) is 10.8. The second kappa shape index (κ2) is 10.8. The summed E-state index contributed by atoms with van der Waals surface area (Å²) in [5.74, 6) is 1.26. The van der Waals surface area contributed by atoms with Crippen LogP contribution in [0.3, 0.4) is 0 Å². The maximum absolute atomic E-state index is 14.5. The average Bonchev–Trinajstić information content (AvgIpc) is 3.60. The molecule has 0 N–H and O–H groups in total. The van der Waals surface area contributed by atoms with Crippen LogP contribution in [0.5, 0.6) is 11.5 Å². The van der Waals surface area contributed by atoms with Gasteiger partial charge in [0, 0.05) is 23.7 Å². The van der Waals surface area contributed by atoms with Crippen LogP contribution in [-0.2, 0) is 9.59 Å². The van der Waals surface area contributed by atoms with Crippen molar-refractivity contribution >= 4 is 29.3 Å². The molecule has 2 fully saturated rings. The fourth-order valence-electron chi connectivity index (χ4n) is 5.32. The molecule has 2 aliphatic heterocycles. The minimum absolute atomic E-state index is 0.0267. The first-order valence-corrected chi connectivity index (χ1v) is 13.4. The van der Waals surface area contributed by atoms with Gasteiger partial charge in [-0.1, -0.05) is 12.1 Å². The Morgan fingerprint density at radius 1 is 0.921 bits per heavy atom. The summed E-state index contributed by atoms with van der Waals surface area (Å²) in [5.41, 5.74) is 2.00. The van der Waals surface area contributed by atoms with E-state index in [2.05, 4.69) is 6.07 Å². The zero-order valence-corrected chi connectivity index (χ0v) is 22.2. The van der Waals surface area contributed by atoms with Crippen molar-refractivity contribution in [3.8, 4) is 17.6 Å². The van der Waals surface area contributed by atoms with Gasteiger partial charge in [-0.3, -0.25) is 9.59 Å². The van der Waals surface area contributed by atoms with Gasteiger partial charge in [-0.2, -0.15) is 5.26 Å². The summed E-state index contributed by atoms with van der Waals surface area (Å²) in [6.45, 7) is 1.37. The molecule has 7 nitrogen and oxygen atoms in total. The maximum Gasteiger partial charge on any atom is 0.242 e. The number of carbonyl (C=O) groups is 2. The fourth-order valence-corrected chi connectivity index (χ4v) is 6.78. The third kappa shape index (κ3) is 4.70. The Morgan fingerprint density at radius 2 is 1.50 bits per heavy atom. The van der Waals surface area contributed by atoms with Crippen molar-refractivity contribution in [2.24, 2.45) is 0 Å². The number of hydrogen-bond donors (Lipinski definition) is 0. The molecule has 5 rings (SSSR count). The van der Waals surface area contributed by atoms with Crippen molar-refractivity contribution in [2.75, 3.05) is 32.2 Å². The number of nitrogens with zero attached hydrogens (tertiary/aromatic N) is 3. The molecule has 0 unspecified atom stereocenters. The largest absolute Gasteiger partial charge is 0.497 e. The third-order valence-corrected chi connectivity index (χ3v) is 8.62. The van der Waals surface area contributed by atoms with Crippen molar-refractivity contribution in [1.29, 1.82) is 5.26 Å². The molecule has 0 saturated carbocycles. The van der Waals surface area contributed by atoms with Gasteiger partial charge in [0.2, 0.25) is 11.8 Å². The molecule has 194 valence electrons. The smallest absolute Gasteiger partial charge is 0.242 e. The van der Waals surface area contributed by atoms with E-state index in [-0.39, 0.29) is 18.2 Å². The lowest BCUT2D eigenvalue weighted by Gasteiger charge is -2.39. The first kappa shape index (κ1) is 25.7. The number of likely N-dealkylation sites (tertiary alicyclic amines) is 1. The molecular weight excluding hydrogens is 498 g/mol. The molecule has 38 heavy (non-hydrogen) atoms. The second-order valence-electron chi connectivity index (χ2n) is 9.44. The van der Waals surface area contributed by atoms with E-state index in [4.69, 9.17) is 9.47 Å². The zero-order valence-electron chi connectivity index (χ0n) is 21.4. The van der Waals surface area contributed by atoms with E-state index in [9.17, 15) is 14.9 Å². The monoisotopic (exact) mass is 527 g/mol. The molecule has 2 atom stereocenters. The predicted molar refractivity (Wildman–Crippen MR) is 146 cm³/mol. The van der Waals surface area contributed by atoms with E-state index in [1.54, 1.807) is 43.4 Å². The molecule has 3 aromatic rings. The molecule has 3 aromatic carbocycles. The van der Waals surface area contributed by atoms with Gasteiger partial charge in [-0.15, -0.1) is 11.8 Å². The Hall–Kier alpha value is -3.96. The highest BCUT2D eigenvalue weighted by atomic mass is 32.2. The topological polar surface area (TPSA) is 82.9 Å². The Morgan fingerprint density at radius 3 is 2.05 bits per heavy atom. The molecule has 0 aromatic heterocycles. The van der Waals surface area contributed by atoms with E-state index in [0.29, 0.717) is 30.1 Å². The normalized spacial score (nSPS) is 20.9. The predicted octanol–water partition coefficient (Wildman–Crippen LogP) is 5.21. The van der Waals surface area contributed by atoms with Crippen LogP contribution in [0, 0.1) is 11.3 Å². The van der Waals surface area contributed by atoms with E-state index in [1.807, 2.05) is 53.4 Å². The molecule has 0 aliphatic carbocycles. The number of amides is 2. The van der Waals surface area contributed by atoms with Gasteiger partial charge in [0.05, 0.1) is 38.3 Å². The van der Waals surface area contributed by atoms with Crippen molar-refractivity contribution in [2.45, 2.75) is 34.9 Å². The van der Waals surface area contributed by atoms with Gasteiger partial charge >= 0.3 is 0 Å². The van der Waals surface area contributed by atoms with Crippen LogP contribution in [0.25, 0.3) is 0 Å². The lowest BCUT2D eigenvalue weighted by Crippen LogP contribution is -2.49. The van der Waals surface area contributed by atoms with Gasteiger partial charge in [-0.05, 0) is 79.1 Å². The lowest BCUT2D eigenvalue weighted by atomic mass is 9.90. The number of methoxy groups -OCH3 is 2. The van der Waals surface area contributed by atoms with Crippen molar-refractivity contribution in [3.63, 3.8) is 0 Å². The number of carbonyl (C=O) groups excluding carboxylic acids is 2. The highest BCUT2D eigenvalue weighted by Crippen LogP contribution is 2.55. The Balaban J connectivity index is 1.67. The Labute approximate surface area is 226 Å². The molecule has 2 aliphatic rings. The van der Waals surface area contributed by atoms with E-state index >= 15 is 0 Å². The summed E-state index contributed by atoms with van der Waals surface area (Å²) in [4.78, 5) is 32.9. The highest BCUT2D eigenvalue weighted by Gasteiger charge is 2.59. The molecule has 0 bridgehead atoms. The molecule has 2 heterocycles. The molecule has 0 radical (unpaired) electrons. The third-order valence-electron chi connectivity index (χ3n) is 7.20. The Kier molecular flexibility index (Phi) is 7.30. The lowest BCUT2D eigenvalue weighted by molar-refractivity contribution is -0.133. The number of nitriles is 1. The summed E-state index contributed by atoms with van der Waals surface area (Å²) in [6, 6.07) is 23.7. The van der Waals surface area contributed by atoms with Gasteiger partial charge in [0.25, 0.3) is 0 Å². The van der Waals surface area contributed by atoms with Crippen LogP contribution in [0.15, 0.2) is 77.7 Å². The number of rotatable bonds is 7. The van der Waals surface area contributed by atoms with Gasteiger partial charge < -0.3 is 19.3 Å². The summed E-state index contributed by atoms with van der Waals surface area (Å²) in [7, 11) is 3.23. The molecular formula is C30H29N3O4S. The van der Waals surface area contributed by atoms with Crippen molar-refractivity contribution in [3.05, 3.63) is 83.9 Å². The number of thioether (sulfide) groups is 1. The van der Waals surface area contributed by atoms with E-state index in [0.717, 1.165) is 29.1 Å². The van der Waals surface area contributed by atoms with Crippen molar-refractivity contribution < 1.29 is 19.1 Å². The summed E-state index contributed by atoms with van der Waals surface area (Å²) < 4.78 is 9.62. The quantitative estimate of drug-likeness (QED) is 0.420. The molecule has 0 spiro atoms. The van der Waals surface area contributed by atoms with Crippen LogP contribution >= 0.6 is 11.8 Å². The van der Waals surface area contributed by atoms with Crippen LogP contribution in [-0.4, -0.2) is 48.8 Å². The minimum atomic E-state index is -1.10. The number of anilines is 1. The average molecular weight is 528 g/mol. The zero-order chi connectivity index (χ0) is 26.7. The first-order chi connectivity index (χ1) is 18.5. The molecule has 8 heteroatoms. The number of hydrogen-bond acceptors (Lipinski definition) is 6. The maximum atomic E-state index is 14.5. The van der Waals surface area contributed by atoms with Crippen LogP contribution in [0.1, 0.15) is 36.4 Å². The van der Waals surface area contributed by atoms with Crippen LogP contribution in [0.4, 0.5) is 5.69 Å². The van der Waals surface area contributed by atoms with Gasteiger partial charge in [0.15, 0.2) is 0 Å². The highest BCUT2D eigenvalue weighted by molar-refractivity contribution is 8.01. The van der Waals surface area contributed by atoms with Gasteiger partial charge in [0.1, 0.15) is 16.2 Å². The van der Waals surface area contributed by atoms with Crippen molar-refractivity contribution in [1.82, 2.24) is 4.90 Å². The van der Waals surface area contributed by atoms with Crippen LogP contribution < -0.4 is 14.4 Å². The first-order valence-electron chi connectivity index (χ1n) is 12.6. The summed E-state index contributed by atoms with van der Waals surface area (Å²) in [5, 5.41) is 9.30. The minimum Gasteiger partial charge on any atom is -0.497 e. The standard InChI is InChI=1S/C30H29N3O4S/c1-36-24-11-7-22(8-12-24)28-30(29(35)32-17-3-4-18-32,38-26-15-13-25(37-2)14-16-26)19-27(34)33(28)23-9-5-21(20-31)6-10-23/h5-16,28H,3-4,17-19H2,1-2H3/t28-,30-/m1/s1. The molecule has 2 saturated heterocycles. The number of benzene rings is 3. The fraction of sp³-hybridized carbons (Fsp3) is 0.300. The summed E-state index contributed by atoms with van der Waals surface area (Å²) >= 11 is 1.44. The van der Waals surface area contributed by atoms with Crippen LogP contribution in [0.2, 0.25) is 0 Å². The SMILES string of the molecule is COc1ccc(S[C@]2(C(=O)N3CCCC3)CC(=O)N(c3ccc(C#N)cc3)[C@@H]2c2ccc(OC)cc2)cc1.